The van der Waals surface area contributed by atoms with E-state index in [1.54, 1.807) is 0 Å². The molecule has 1 aromatic carbocycles. The van der Waals surface area contributed by atoms with Crippen LogP contribution < -0.4 is 10.2 Å². The van der Waals surface area contributed by atoms with E-state index in [1.807, 2.05) is 0 Å². The maximum absolute atomic E-state index is 13.3. The van der Waals surface area contributed by atoms with Crippen LogP contribution in [-0.2, 0) is 9.59 Å². The number of nitriles is 1. The number of carbonyl (C=O) groups is 2. The minimum absolute atomic E-state index is 0.225. The van der Waals surface area contributed by atoms with E-state index in [9.17, 15) is 18.4 Å². The summed E-state index contributed by atoms with van der Waals surface area (Å²) in [5, 5.41) is 11.8. The normalized spacial score (nSPS) is 22.4. The van der Waals surface area contributed by atoms with Crippen LogP contribution in [0.15, 0.2) is 18.2 Å². The van der Waals surface area contributed by atoms with Crippen LogP contribution in [0.2, 0.25) is 0 Å². The molecule has 2 aliphatic rings. The lowest BCUT2D eigenvalue weighted by Gasteiger charge is -2.36. The number of nitrogens with one attached hydrogen (secondary N) is 1. The zero-order valence-corrected chi connectivity index (χ0v) is 12.3. The molecule has 1 N–H and O–H groups in total. The summed E-state index contributed by atoms with van der Waals surface area (Å²) in [6.07, 6.45) is 2.32. The molecule has 7 heteroatoms. The number of anilines is 1. The Labute approximate surface area is 131 Å². The summed E-state index contributed by atoms with van der Waals surface area (Å²) in [6, 6.07) is 5.29. The van der Waals surface area contributed by atoms with Gasteiger partial charge < -0.3 is 10.2 Å². The Hall–Kier alpha value is -2.49. The second-order valence-corrected chi connectivity index (χ2v) is 5.97. The smallest absolute Gasteiger partial charge is 0.239 e. The second kappa shape index (κ2) is 5.61. The molecule has 0 aromatic heterocycles. The lowest BCUT2D eigenvalue weighted by Crippen LogP contribution is -2.54. The first-order valence-electron chi connectivity index (χ1n) is 7.45. The van der Waals surface area contributed by atoms with Crippen molar-refractivity contribution in [3.8, 4) is 6.07 Å². The third-order valence-corrected chi connectivity index (χ3v) is 4.52. The largest absolute Gasteiger partial charge is 0.337 e. The molecule has 0 spiro atoms. The summed E-state index contributed by atoms with van der Waals surface area (Å²) < 4.78 is 26.3. The van der Waals surface area contributed by atoms with Gasteiger partial charge in [0.1, 0.15) is 11.5 Å². The maximum Gasteiger partial charge on any atom is 0.239 e. The molecule has 1 aliphatic carbocycles. The molecule has 1 heterocycles. The molecule has 5 nitrogen and oxygen atoms in total. The van der Waals surface area contributed by atoms with Gasteiger partial charge in [-0.05, 0) is 37.8 Å². The van der Waals surface area contributed by atoms with Gasteiger partial charge in [0.05, 0.1) is 6.07 Å². The average molecular weight is 319 g/mol. The summed E-state index contributed by atoms with van der Waals surface area (Å²) in [5.41, 5.74) is -0.630. The molecule has 0 radical (unpaired) electrons. The van der Waals surface area contributed by atoms with E-state index in [2.05, 4.69) is 11.4 Å². The van der Waals surface area contributed by atoms with E-state index >= 15 is 0 Å². The van der Waals surface area contributed by atoms with Gasteiger partial charge in [-0.2, -0.15) is 5.26 Å². The zero-order chi connectivity index (χ0) is 16.6. The first kappa shape index (κ1) is 15.4. The van der Waals surface area contributed by atoms with Gasteiger partial charge in [-0.15, -0.1) is 0 Å². The molecule has 23 heavy (non-hydrogen) atoms. The van der Waals surface area contributed by atoms with E-state index in [-0.39, 0.29) is 18.7 Å². The van der Waals surface area contributed by atoms with Gasteiger partial charge in [0, 0.05) is 18.3 Å². The highest BCUT2D eigenvalue weighted by Gasteiger charge is 2.44. The number of rotatable bonds is 3. The summed E-state index contributed by atoms with van der Waals surface area (Å²) in [6.45, 7) is 0.252. The Morgan fingerprint density at radius 2 is 2.09 bits per heavy atom. The maximum atomic E-state index is 13.3. The number of amides is 2. The van der Waals surface area contributed by atoms with Gasteiger partial charge in [-0.1, -0.05) is 0 Å². The van der Waals surface area contributed by atoms with Gasteiger partial charge >= 0.3 is 0 Å². The minimum atomic E-state index is -1.04. The highest BCUT2D eigenvalue weighted by molar-refractivity contribution is 6.09. The predicted octanol–water partition coefficient (Wildman–Crippen LogP) is 1.88. The van der Waals surface area contributed by atoms with Crippen LogP contribution in [0.5, 0.6) is 0 Å². The minimum Gasteiger partial charge on any atom is -0.337 e. The third kappa shape index (κ3) is 2.65. The Kier molecular flexibility index (Phi) is 3.76. The molecular formula is C16H15F2N3O2. The predicted molar refractivity (Wildman–Crippen MR) is 77.2 cm³/mol. The van der Waals surface area contributed by atoms with Gasteiger partial charge in [0.15, 0.2) is 11.6 Å². The first-order valence-corrected chi connectivity index (χ1v) is 7.45. The van der Waals surface area contributed by atoms with Crippen LogP contribution in [0.3, 0.4) is 0 Å². The number of hydrogen-bond acceptors (Lipinski definition) is 3. The van der Waals surface area contributed by atoms with E-state index in [0.717, 1.165) is 18.6 Å². The van der Waals surface area contributed by atoms with Crippen molar-refractivity contribution < 1.29 is 18.4 Å². The summed E-state index contributed by atoms with van der Waals surface area (Å²) in [5.74, 6) is -3.85. The monoisotopic (exact) mass is 319 g/mol. The number of nitrogens with zero attached hydrogens (tertiary/aromatic N) is 2. The Morgan fingerprint density at radius 3 is 2.65 bits per heavy atom. The molecule has 2 amide bonds. The highest BCUT2D eigenvalue weighted by atomic mass is 19.2. The molecule has 1 aromatic rings. The Morgan fingerprint density at radius 1 is 1.35 bits per heavy atom. The van der Waals surface area contributed by atoms with E-state index in [1.165, 1.54) is 11.0 Å². The molecule has 2 fully saturated rings. The molecule has 1 saturated carbocycles. The van der Waals surface area contributed by atoms with Crippen molar-refractivity contribution >= 4 is 17.5 Å². The number of benzene rings is 1. The van der Waals surface area contributed by atoms with Crippen LogP contribution in [0.25, 0.3) is 0 Å². The molecule has 1 atom stereocenters. The number of carbonyl (C=O) groups excluding carboxylic acids is 2. The highest BCUT2D eigenvalue weighted by Crippen LogP contribution is 2.32. The standard InChI is InChI=1S/C16H15F2N3O2/c17-12-3-2-10(8-13(12)18)21-7-4-11(15(21)23)14(22)20-16(9-19)5-1-6-16/h2-3,8,11H,1,4-7H2,(H,20,22). The SMILES string of the molecule is N#CC1(NC(=O)C2CCN(c3ccc(F)c(F)c3)C2=O)CCC1. The second-order valence-electron chi connectivity index (χ2n) is 5.97. The summed E-state index contributed by atoms with van der Waals surface area (Å²) in [7, 11) is 0. The average Bonchev–Trinajstić information content (AvgIpc) is 2.87. The lowest BCUT2D eigenvalue weighted by molar-refractivity contribution is -0.133. The first-order chi connectivity index (χ1) is 11.0. The molecule has 3 rings (SSSR count). The fraction of sp³-hybridized carbons (Fsp3) is 0.438. The molecule has 120 valence electrons. The van der Waals surface area contributed by atoms with Crippen molar-refractivity contribution in [1.29, 1.82) is 5.26 Å². The van der Waals surface area contributed by atoms with E-state index in [4.69, 9.17) is 5.26 Å². The van der Waals surface area contributed by atoms with Gasteiger partial charge in [0.2, 0.25) is 11.8 Å². The van der Waals surface area contributed by atoms with Crippen molar-refractivity contribution in [1.82, 2.24) is 5.32 Å². The van der Waals surface area contributed by atoms with Crippen LogP contribution in [0.4, 0.5) is 14.5 Å². The lowest BCUT2D eigenvalue weighted by atomic mass is 9.77. The molecule has 1 unspecified atom stereocenters. The van der Waals surface area contributed by atoms with E-state index < -0.39 is 34.9 Å². The van der Waals surface area contributed by atoms with Crippen molar-refractivity contribution in [2.75, 3.05) is 11.4 Å². The summed E-state index contributed by atoms with van der Waals surface area (Å²) >= 11 is 0. The third-order valence-electron chi connectivity index (χ3n) is 4.52. The fourth-order valence-corrected chi connectivity index (χ4v) is 2.95. The topological polar surface area (TPSA) is 73.2 Å². The van der Waals surface area contributed by atoms with Crippen molar-refractivity contribution in [2.45, 2.75) is 31.2 Å². The van der Waals surface area contributed by atoms with Crippen molar-refractivity contribution in [3.63, 3.8) is 0 Å². The van der Waals surface area contributed by atoms with Gasteiger partial charge in [-0.3, -0.25) is 9.59 Å². The van der Waals surface area contributed by atoms with Crippen LogP contribution in [0.1, 0.15) is 25.7 Å². The van der Waals surface area contributed by atoms with Crippen LogP contribution in [0, 0.1) is 28.9 Å². The van der Waals surface area contributed by atoms with Crippen molar-refractivity contribution in [3.05, 3.63) is 29.8 Å². The van der Waals surface area contributed by atoms with Gasteiger partial charge in [0.25, 0.3) is 0 Å². The molecular weight excluding hydrogens is 304 g/mol. The van der Waals surface area contributed by atoms with Crippen LogP contribution in [-0.4, -0.2) is 23.9 Å². The van der Waals surface area contributed by atoms with E-state index in [0.29, 0.717) is 12.8 Å². The van der Waals surface area contributed by atoms with Crippen molar-refractivity contribution in [2.24, 2.45) is 5.92 Å². The molecule has 1 aliphatic heterocycles. The summed E-state index contributed by atoms with van der Waals surface area (Å²) in [4.78, 5) is 25.9. The number of hydrogen-bond donors (Lipinski definition) is 1. The Bertz CT molecular complexity index is 710. The molecule has 1 saturated heterocycles. The number of halogens is 2. The van der Waals surface area contributed by atoms with Gasteiger partial charge in [-0.25, -0.2) is 8.78 Å². The fourth-order valence-electron chi connectivity index (χ4n) is 2.95. The quantitative estimate of drug-likeness (QED) is 0.865. The Balaban J connectivity index is 1.72. The zero-order valence-electron chi connectivity index (χ0n) is 12.3. The van der Waals surface area contributed by atoms with Crippen LogP contribution >= 0.6 is 0 Å². The molecule has 0 bridgehead atoms.